The number of hydrogen-bond donors (Lipinski definition) is 0. The molecule has 0 unspecified atom stereocenters. The van der Waals surface area contributed by atoms with E-state index in [9.17, 15) is 4.79 Å². The van der Waals surface area contributed by atoms with E-state index >= 15 is 0 Å². The fraction of sp³-hybridized carbons (Fsp3) is 0.286. The van der Waals surface area contributed by atoms with Crippen molar-refractivity contribution in [3.63, 3.8) is 0 Å². The third-order valence-corrected chi connectivity index (χ3v) is 4.29. The van der Waals surface area contributed by atoms with Crippen molar-refractivity contribution in [2.24, 2.45) is 0 Å². The average Bonchev–Trinajstić information content (AvgIpc) is 3.10. The number of methoxy groups -OCH3 is 1. The van der Waals surface area contributed by atoms with Crippen LogP contribution in [0.2, 0.25) is 0 Å². The lowest BCUT2D eigenvalue weighted by molar-refractivity contribution is 0.0526. The molecule has 0 aliphatic rings. The monoisotopic (exact) mass is 379 g/mol. The van der Waals surface area contributed by atoms with Crippen molar-refractivity contribution in [1.82, 2.24) is 9.55 Å². The lowest BCUT2D eigenvalue weighted by Crippen LogP contribution is -2.04. The van der Waals surface area contributed by atoms with Gasteiger partial charge >= 0.3 is 5.97 Å². The van der Waals surface area contributed by atoms with Crippen LogP contribution in [-0.4, -0.2) is 35.8 Å². The Balaban J connectivity index is 2.07. The predicted octanol–water partition coefficient (Wildman–Crippen LogP) is 3.81. The van der Waals surface area contributed by atoms with Crippen LogP contribution >= 0.6 is 0 Å². The number of benzene rings is 2. The average molecular weight is 379 g/mol. The summed E-state index contributed by atoms with van der Waals surface area (Å²) in [4.78, 5) is 16.7. The van der Waals surface area contributed by atoms with Gasteiger partial charge in [0.15, 0.2) is 18.1 Å². The van der Waals surface area contributed by atoms with Crippen LogP contribution in [0.4, 0.5) is 0 Å². The van der Waals surface area contributed by atoms with E-state index in [0.717, 1.165) is 16.9 Å². The summed E-state index contributed by atoms with van der Waals surface area (Å²) in [5.74, 6) is 1.41. The van der Waals surface area contributed by atoms with Gasteiger partial charge in [-0.1, -0.05) is 0 Å². The SMILES string of the molecule is CCOC(=O)c1ccc2c(c1)nc(-c1ccc(OCC#N)c(OC)c1)n2CC. The van der Waals surface area contributed by atoms with Crippen LogP contribution in [0.5, 0.6) is 11.5 Å². The molecule has 0 aliphatic carbocycles. The van der Waals surface area contributed by atoms with E-state index in [-0.39, 0.29) is 12.6 Å². The number of carbonyl (C=O) groups is 1. The second-order valence-corrected chi connectivity index (χ2v) is 5.92. The highest BCUT2D eigenvalue weighted by atomic mass is 16.5. The van der Waals surface area contributed by atoms with Crippen molar-refractivity contribution in [3.8, 4) is 29.0 Å². The van der Waals surface area contributed by atoms with E-state index in [4.69, 9.17) is 24.5 Å². The summed E-state index contributed by atoms with van der Waals surface area (Å²) in [5, 5.41) is 8.71. The van der Waals surface area contributed by atoms with Crippen LogP contribution in [-0.2, 0) is 11.3 Å². The quantitative estimate of drug-likeness (QED) is 0.580. The zero-order valence-corrected chi connectivity index (χ0v) is 16.1. The molecule has 0 atom stereocenters. The molecule has 0 spiro atoms. The van der Waals surface area contributed by atoms with Crippen molar-refractivity contribution in [2.45, 2.75) is 20.4 Å². The number of aryl methyl sites for hydroxylation is 1. The number of aromatic nitrogens is 2. The maximum absolute atomic E-state index is 12.0. The van der Waals surface area contributed by atoms with Gasteiger partial charge in [0, 0.05) is 12.1 Å². The van der Waals surface area contributed by atoms with E-state index in [1.54, 1.807) is 32.2 Å². The Kier molecular flexibility index (Phi) is 5.80. The van der Waals surface area contributed by atoms with Crippen molar-refractivity contribution in [2.75, 3.05) is 20.3 Å². The minimum atomic E-state index is -0.363. The van der Waals surface area contributed by atoms with E-state index in [2.05, 4.69) is 4.57 Å². The molecule has 0 fully saturated rings. The second kappa shape index (κ2) is 8.44. The van der Waals surface area contributed by atoms with Crippen LogP contribution in [0.25, 0.3) is 22.4 Å². The molecule has 1 aromatic heterocycles. The molecule has 3 rings (SSSR count). The number of carbonyl (C=O) groups excluding carboxylic acids is 1. The molecular formula is C21H21N3O4. The van der Waals surface area contributed by atoms with Crippen LogP contribution in [0.3, 0.4) is 0 Å². The highest BCUT2D eigenvalue weighted by molar-refractivity contribution is 5.94. The van der Waals surface area contributed by atoms with E-state index in [0.29, 0.717) is 35.7 Å². The molecular weight excluding hydrogens is 358 g/mol. The molecule has 0 radical (unpaired) electrons. The molecule has 0 saturated carbocycles. The number of rotatable bonds is 7. The largest absolute Gasteiger partial charge is 0.493 e. The number of fused-ring (bicyclic) bond motifs is 1. The van der Waals surface area contributed by atoms with Crippen molar-refractivity contribution < 1.29 is 19.0 Å². The van der Waals surface area contributed by atoms with Gasteiger partial charge in [-0.25, -0.2) is 9.78 Å². The van der Waals surface area contributed by atoms with Gasteiger partial charge in [-0.2, -0.15) is 5.26 Å². The first kappa shape index (κ1) is 19.2. The Morgan fingerprint density at radius 3 is 2.68 bits per heavy atom. The molecule has 0 bridgehead atoms. The zero-order valence-electron chi connectivity index (χ0n) is 16.1. The van der Waals surface area contributed by atoms with Crippen molar-refractivity contribution in [1.29, 1.82) is 5.26 Å². The van der Waals surface area contributed by atoms with E-state index < -0.39 is 0 Å². The maximum Gasteiger partial charge on any atom is 0.338 e. The summed E-state index contributed by atoms with van der Waals surface area (Å²) in [5.41, 5.74) is 2.96. The first-order valence-corrected chi connectivity index (χ1v) is 8.98. The Morgan fingerprint density at radius 1 is 1.18 bits per heavy atom. The molecule has 7 heteroatoms. The van der Waals surface area contributed by atoms with Gasteiger partial charge in [-0.15, -0.1) is 0 Å². The van der Waals surface area contributed by atoms with E-state index in [1.807, 2.05) is 31.2 Å². The molecule has 0 saturated heterocycles. The standard InChI is InChI=1S/C21H21N3O4/c1-4-24-17-8-6-15(21(25)27-5-2)12-16(17)23-20(24)14-7-9-18(28-11-10-22)19(13-14)26-3/h6-9,12-13H,4-5,11H2,1-3H3. The number of esters is 1. The second-order valence-electron chi connectivity index (χ2n) is 5.92. The number of nitriles is 1. The van der Waals surface area contributed by atoms with Crippen molar-refractivity contribution in [3.05, 3.63) is 42.0 Å². The fourth-order valence-electron chi connectivity index (χ4n) is 3.05. The van der Waals surface area contributed by atoms with Crippen LogP contribution < -0.4 is 9.47 Å². The first-order valence-electron chi connectivity index (χ1n) is 8.98. The summed E-state index contributed by atoms with van der Waals surface area (Å²) in [7, 11) is 1.55. The number of nitrogens with zero attached hydrogens (tertiary/aromatic N) is 3. The van der Waals surface area contributed by atoms with Gasteiger partial charge in [0.05, 0.1) is 30.3 Å². The van der Waals surface area contributed by atoms with Gasteiger partial charge < -0.3 is 18.8 Å². The third kappa shape index (κ3) is 3.62. The Bertz CT molecular complexity index is 1050. The summed E-state index contributed by atoms with van der Waals surface area (Å²) in [6.45, 7) is 4.79. The maximum atomic E-state index is 12.0. The topological polar surface area (TPSA) is 86.4 Å². The number of imidazole rings is 1. The molecule has 2 aromatic carbocycles. The third-order valence-electron chi connectivity index (χ3n) is 4.29. The molecule has 0 amide bonds. The zero-order chi connectivity index (χ0) is 20.1. The van der Waals surface area contributed by atoms with Gasteiger partial charge in [0.2, 0.25) is 0 Å². The van der Waals surface area contributed by atoms with Gasteiger partial charge in [-0.05, 0) is 50.2 Å². The minimum Gasteiger partial charge on any atom is -0.493 e. The van der Waals surface area contributed by atoms with Crippen LogP contribution in [0.1, 0.15) is 24.2 Å². The smallest absolute Gasteiger partial charge is 0.338 e. The molecule has 0 aliphatic heterocycles. The van der Waals surface area contributed by atoms with Gasteiger partial charge in [0.25, 0.3) is 0 Å². The predicted molar refractivity (Wildman–Crippen MR) is 104 cm³/mol. The summed E-state index contributed by atoms with van der Waals surface area (Å²) < 4.78 is 17.9. The molecule has 3 aromatic rings. The van der Waals surface area contributed by atoms with Crippen molar-refractivity contribution >= 4 is 17.0 Å². The summed E-state index contributed by atoms with van der Waals surface area (Å²) in [6.07, 6.45) is 0. The van der Waals surface area contributed by atoms with Crippen LogP contribution in [0, 0.1) is 11.3 Å². The van der Waals surface area contributed by atoms with Gasteiger partial charge in [0.1, 0.15) is 11.9 Å². The lowest BCUT2D eigenvalue weighted by Gasteiger charge is -2.11. The van der Waals surface area contributed by atoms with Gasteiger partial charge in [-0.3, -0.25) is 0 Å². The molecule has 28 heavy (non-hydrogen) atoms. The highest BCUT2D eigenvalue weighted by Gasteiger charge is 2.16. The minimum absolute atomic E-state index is 0.0557. The first-order chi connectivity index (χ1) is 13.6. The molecule has 1 heterocycles. The molecule has 144 valence electrons. The molecule has 7 nitrogen and oxygen atoms in total. The summed E-state index contributed by atoms with van der Waals surface area (Å²) in [6, 6.07) is 12.8. The normalized spacial score (nSPS) is 10.5. The highest BCUT2D eigenvalue weighted by Crippen LogP contribution is 2.33. The lowest BCUT2D eigenvalue weighted by atomic mass is 10.2. The summed E-state index contributed by atoms with van der Waals surface area (Å²) >= 11 is 0. The fourth-order valence-corrected chi connectivity index (χ4v) is 3.05. The Hall–Kier alpha value is -3.53. The van der Waals surface area contributed by atoms with Crippen LogP contribution in [0.15, 0.2) is 36.4 Å². The molecule has 0 N–H and O–H groups in total. The number of ether oxygens (including phenoxy) is 3. The van der Waals surface area contributed by atoms with E-state index in [1.165, 1.54) is 0 Å². The Labute approximate surface area is 163 Å². The number of hydrogen-bond acceptors (Lipinski definition) is 6. The Morgan fingerprint density at radius 2 is 2.00 bits per heavy atom.